The van der Waals surface area contributed by atoms with Gasteiger partial charge in [-0.25, -0.2) is 0 Å². The predicted molar refractivity (Wildman–Crippen MR) is 59.2 cm³/mol. The van der Waals surface area contributed by atoms with E-state index in [4.69, 9.17) is 0 Å². The first kappa shape index (κ1) is 10.2. The van der Waals surface area contributed by atoms with Crippen LogP contribution in [0, 0.1) is 0 Å². The minimum absolute atomic E-state index is 0.220. The van der Waals surface area contributed by atoms with Gasteiger partial charge in [0.25, 0.3) is 0 Å². The second-order valence-electron chi connectivity index (χ2n) is 4.85. The molecule has 0 unspecified atom stereocenters. The van der Waals surface area contributed by atoms with Crippen LogP contribution in [0.25, 0.3) is 0 Å². The molecule has 0 radical (unpaired) electrons. The van der Waals surface area contributed by atoms with Crippen molar-refractivity contribution in [2.75, 3.05) is 0 Å². The van der Waals surface area contributed by atoms with Crippen LogP contribution >= 0.6 is 0 Å². The van der Waals surface area contributed by atoms with E-state index in [1.54, 1.807) is 0 Å². The Bertz CT molecular complexity index is 416. The van der Waals surface area contributed by atoms with E-state index in [1.807, 2.05) is 6.07 Å². The predicted octanol–water partition coefficient (Wildman–Crippen LogP) is 2.72. The van der Waals surface area contributed by atoms with E-state index in [0.29, 0.717) is 24.0 Å². The van der Waals surface area contributed by atoms with Crippen molar-refractivity contribution in [3.8, 4) is 0 Å². The Morgan fingerprint density at radius 3 is 1.75 bits per heavy atom. The smallest absolute Gasteiger partial charge is 0.445 e. The van der Waals surface area contributed by atoms with Crippen LogP contribution in [0.3, 0.4) is 0 Å². The fraction of sp³-hybridized carbons (Fsp3) is 0.500. The summed E-state index contributed by atoms with van der Waals surface area (Å²) in [5.74, 6) is 0. The Labute approximate surface area is 92.9 Å². The van der Waals surface area contributed by atoms with Gasteiger partial charge in [0.05, 0.1) is 0 Å². The Kier molecular flexibility index (Phi) is 2.10. The summed E-state index contributed by atoms with van der Waals surface area (Å²) in [6, 6.07) is 2.04. The van der Waals surface area contributed by atoms with Crippen molar-refractivity contribution in [1.29, 1.82) is 0 Å². The van der Waals surface area contributed by atoms with Gasteiger partial charge >= 0.3 is 6.98 Å². The van der Waals surface area contributed by atoms with Gasteiger partial charge in [0.15, 0.2) is 0 Å². The molecule has 0 atom stereocenters. The zero-order valence-corrected chi connectivity index (χ0v) is 9.03. The van der Waals surface area contributed by atoms with Crippen LogP contribution in [-0.2, 0) is 25.7 Å². The summed E-state index contributed by atoms with van der Waals surface area (Å²) in [5, 5.41) is 0. The number of halogens is 3. The van der Waals surface area contributed by atoms with E-state index in [2.05, 4.69) is 0 Å². The molecule has 1 aromatic rings. The van der Waals surface area contributed by atoms with Gasteiger partial charge in [0.2, 0.25) is 0 Å². The number of hydrogen-bond acceptors (Lipinski definition) is 0. The highest BCUT2D eigenvalue weighted by Crippen LogP contribution is 2.32. The van der Waals surface area contributed by atoms with E-state index in [1.165, 1.54) is 0 Å². The summed E-state index contributed by atoms with van der Waals surface area (Å²) in [7, 11) is 0. The van der Waals surface area contributed by atoms with Gasteiger partial charge in [-0.15, -0.1) is 5.46 Å². The van der Waals surface area contributed by atoms with Crippen LogP contribution in [0.2, 0.25) is 0 Å². The van der Waals surface area contributed by atoms with Gasteiger partial charge in [-0.2, -0.15) is 0 Å². The number of rotatable bonds is 1. The summed E-state index contributed by atoms with van der Waals surface area (Å²) in [5.41, 5.74) is 2.95. The van der Waals surface area contributed by atoms with Crippen molar-refractivity contribution in [2.45, 2.75) is 38.5 Å². The van der Waals surface area contributed by atoms with Crippen LogP contribution in [0.5, 0.6) is 0 Å². The lowest BCUT2D eigenvalue weighted by atomic mass is 9.71. The molecule has 0 bridgehead atoms. The van der Waals surface area contributed by atoms with Crippen molar-refractivity contribution in [1.82, 2.24) is 0 Å². The first-order valence-corrected chi connectivity index (χ1v) is 5.93. The molecule has 2 aliphatic carbocycles. The number of hydrogen-bond donors (Lipinski definition) is 0. The zero-order valence-electron chi connectivity index (χ0n) is 9.03. The first-order chi connectivity index (χ1) is 7.57. The summed E-state index contributed by atoms with van der Waals surface area (Å²) in [4.78, 5) is 0. The molecule has 0 spiro atoms. The maximum Gasteiger partial charge on any atom is 0.510 e. The van der Waals surface area contributed by atoms with Crippen molar-refractivity contribution >= 4 is 12.4 Å². The molecule has 2 aliphatic rings. The van der Waals surface area contributed by atoms with Crippen LogP contribution < -0.4 is 5.46 Å². The minimum atomic E-state index is -4.83. The standard InChI is InChI=1S/C12H13BF3/c14-13(15,16)12-10-5-1-3-8(10)7-9-4-2-6-11(9)12/h7H,1-6H2/q-1. The van der Waals surface area contributed by atoms with E-state index in [-0.39, 0.29) is 5.46 Å². The molecule has 0 nitrogen and oxygen atoms in total. The molecule has 0 saturated carbocycles. The lowest BCUT2D eigenvalue weighted by Crippen LogP contribution is -2.40. The lowest BCUT2D eigenvalue weighted by Gasteiger charge is -2.24. The van der Waals surface area contributed by atoms with Gasteiger partial charge in [0, 0.05) is 0 Å². The van der Waals surface area contributed by atoms with Crippen LogP contribution in [0.1, 0.15) is 35.1 Å². The fourth-order valence-electron chi connectivity index (χ4n) is 3.26. The normalized spacial score (nSPS) is 18.7. The molecule has 0 heterocycles. The van der Waals surface area contributed by atoms with E-state index < -0.39 is 6.98 Å². The summed E-state index contributed by atoms with van der Waals surface area (Å²) >= 11 is 0. The SMILES string of the molecule is F[B-](F)(F)c1c2c(cc3c1CCC3)CCC2. The molecular formula is C12H13BF3-. The fourth-order valence-corrected chi connectivity index (χ4v) is 3.26. The number of aryl methyl sites for hydroxylation is 2. The molecule has 86 valence electrons. The average Bonchev–Trinajstić information content (AvgIpc) is 2.77. The van der Waals surface area contributed by atoms with Gasteiger partial charge in [0.1, 0.15) is 0 Å². The zero-order chi connectivity index (χ0) is 11.3. The maximum atomic E-state index is 13.2. The minimum Gasteiger partial charge on any atom is -0.445 e. The quantitative estimate of drug-likeness (QED) is 0.644. The number of fused-ring (bicyclic) bond motifs is 2. The Hall–Kier alpha value is -0.925. The third-order valence-corrected chi connectivity index (χ3v) is 3.85. The van der Waals surface area contributed by atoms with E-state index in [9.17, 15) is 12.9 Å². The molecule has 0 aromatic heterocycles. The van der Waals surface area contributed by atoms with Gasteiger partial charge in [-0.05, 0) is 49.7 Å². The van der Waals surface area contributed by atoms with Crippen molar-refractivity contribution in [3.63, 3.8) is 0 Å². The van der Waals surface area contributed by atoms with Gasteiger partial charge in [-0.1, -0.05) is 17.2 Å². The van der Waals surface area contributed by atoms with Crippen LogP contribution in [0.15, 0.2) is 6.07 Å². The summed E-state index contributed by atoms with van der Waals surface area (Å²) < 4.78 is 39.5. The van der Waals surface area contributed by atoms with E-state index >= 15 is 0 Å². The van der Waals surface area contributed by atoms with Gasteiger partial charge < -0.3 is 12.9 Å². The third kappa shape index (κ3) is 1.39. The largest absolute Gasteiger partial charge is 0.510 e. The highest BCUT2D eigenvalue weighted by atomic mass is 19.4. The summed E-state index contributed by atoms with van der Waals surface area (Å²) in [6.07, 6.45) is 4.69. The van der Waals surface area contributed by atoms with E-state index in [0.717, 1.165) is 36.8 Å². The van der Waals surface area contributed by atoms with Gasteiger partial charge in [-0.3, -0.25) is 0 Å². The Morgan fingerprint density at radius 1 is 0.812 bits per heavy atom. The molecule has 0 fully saturated rings. The number of benzene rings is 1. The average molecular weight is 225 g/mol. The second-order valence-corrected chi connectivity index (χ2v) is 4.85. The molecule has 0 saturated heterocycles. The second kappa shape index (κ2) is 3.28. The van der Waals surface area contributed by atoms with Crippen molar-refractivity contribution < 1.29 is 12.9 Å². The highest BCUT2D eigenvalue weighted by molar-refractivity contribution is 6.74. The molecule has 1 aromatic carbocycles. The molecule has 4 heteroatoms. The molecule has 0 N–H and O–H groups in total. The summed E-state index contributed by atoms with van der Waals surface area (Å²) in [6.45, 7) is -4.83. The molecule has 0 aliphatic heterocycles. The van der Waals surface area contributed by atoms with Crippen molar-refractivity contribution in [3.05, 3.63) is 28.3 Å². The molecule has 0 amide bonds. The molecular weight excluding hydrogens is 212 g/mol. The Morgan fingerprint density at radius 2 is 1.31 bits per heavy atom. The van der Waals surface area contributed by atoms with Crippen molar-refractivity contribution in [2.24, 2.45) is 0 Å². The van der Waals surface area contributed by atoms with Crippen LogP contribution in [0.4, 0.5) is 12.9 Å². The maximum absolute atomic E-state index is 13.2. The molecule has 3 rings (SSSR count). The van der Waals surface area contributed by atoms with Crippen LogP contribution in [-0.4, -0.2) is 6.98 Å². The third-order valence-electron chi connectivity index (χ3n) is 3.85. The lowest BCUT2D eigenvalue weighted by molar-refractivity contribution is 0.499. The highest BCUT2D eigenvalue weighted by Gasteiger charge is 2.35. The first-order valence-electron chi connectivity index (χ1n) is 5.93. The Balaban J connectivity index is 2.28. The topological polar surface area (TPSA) is 0 Å². The molecule has 16 heavy (non-hydrogen) atoms. The monoisotopic (exact) mass is 225 g/mol.